The molecular formula is C8H6F3NO2S. The number of sulfone groups is 1. The van der Waals surface area contributed by atoms with E-state index in [0.717, 1.165) is 12.3 Å². The Hall–Kier alpha value is -1.37. The van der Waals surface area contributed by atoms with Crippen molar-refractivity contribution in [2.24, 2.45) is 0 Å². The van der Waals surface area contributed by atoms with Gasteiger partial charge in [0.15, 0.2) is 9.84 Å². The molecule has 0 saturated carbocycles. The molecule has 0 amide bonds. The Bertz CT molecular complexity index is 479. The monoisotopic (exact) mass is 237 g/mol. The Morgan fingerprint density at radius 1 is 1.40 bits per heavy atom. The number of hydrogen-bond donors (Lipinski definition) is 0. The second-order valence-corrected chi connectivity index (χ2v) is 4.48. The number of alkyl halides is 3. The van der Waals surface area contributed by atoms with Crippen LogP contribution in [0.5, 0.6) is 0 Å². The van der Waals surface area contributed by atoms with Gasteiger partial charge in [-0.3, -0.25) is 4.98 Å². The Morgan fingerprint density at radius 3 is 2.47 bits per heavy atom. The van der Waals surface area contributed by atoms with Gasteiger partial charge in [0.2, 0.25) is 0 Å². The quantitative estimate of drug-likeness (QED) is 0.790. The van der Waals surface area contributed by atoms with Crippen molar-refractivity contribution in [3.8, 4) is 0 Å². The molecule has 0 atom stereocenters. The zero-order valence-electron chi connectivity index (χ0n) is 7.32. The molecule has 1 rings (SSSR count). The fourth-order valence-corrected chi connectivity index (χ4v) is 1.56. The lowest BCUT2D eigenvalue weighted by atomic mass is 10.3. The lowest BCUT2D eigenvalue weighted by Gasteiger charge is -2.06. The van der Waals surface area contributed by atoms with Crippen LogP contribution in [0.3, 0.4) is 0 Å². The van der Waals surface area contributed by atoms with Gasteiger partial charge in [-0.1, -0.05) is 6.58 Å². The fourth-order valence-electron chi connectivity index (χ4n) is 0.839. The highest BCUT2D eigenvalue weighted by Crippen LogP contribution is 2.28. The van der Waals surface area contributed by atoms with Crippen LogP contribution in [0.1, 0.15) is 5.69 Å². The molecule has 15 heavy (non-hydrogen) atoms. The van der Waals surface area contributed by atoms with Crippen LogP contribution in [0.4, 0.5) is 13.2 Å². The predicted octanol–water partition coefficient (Wildman–Crippen LogP) is 2.02. The molecule has 7 heteroatoms. The van der Waals surface area contributed by atoms with E-state index in [1.165, 1.54) is 0 Å². The number of rotatable bonds is 2. The second-order valence-electron chi connectivity index (χ2n) is 2.59. The summed E-state index contributed by atoms with van der Waals surface area (Å²) < 4.78 is 58.9. The summed E-state index contributed by atoms with van der Waals surface area (Å²) in [7, 11) is -3.86. The molecule has 0 N–H and O–H groups in total. The minimum Gasteiger partial charge on any atom is -0.252 e. The molecule has 3 nitrogen and oxygen atoms in total. The second kappa shape index (κ2) is 3.65. The summed E-state index contributed by atoms with van der Waals surface area (Å²) in [5, 5.41) is 0.586. The van der Waals surface area contributed by atoms with Crippen molar-refractivity contribution in [3.05, 3.63) is 36.0 Å². The number of aromatic nitrogens is 1. The average Bonchev–Trinajstić information content (AvgIpc) is 2.17. The van der Waals surface area contributed by atoms with Gasteiger partial charge < -0.3 is 0 Å². The first kappa shape index (κ1) is 11.7. The van der Waals surface area contributed by atoms with Gasteiger partial charge in [0.05, 0.1) is 4.90 Å². The van der Waals surface area contributed by atoms with E-state index in [1.54, 1.807) is 0 Å². The lowest BCUT2D eigenvalue weighted by molar-refractivity contribution is -0.141. The van der Waals surface area contributed by atoms with Crippen LogP contribution in [0, 0.1) is 0 Å². The number of pyridine rings is 1. The Balaban J connectivity index is 3.33. The average molecular weight is 237 g/mol. The van der Waals surface area contributed by atoms with Gasteiger partial charge >= 0.3 is 6.18 Å². The topological polar surface area (TPSA) is 47.0 Å². The number of halogens is 3. The van der Waals surface area contributed by atoms with Crippen molar-refractivity contribution >= 4 is 9.84 Å². The summed E-state index contributed by atoms with van der Waals surface area (Å²) in [6.45, 7) is 3.01. The maximum Gasteiger partial charge on any atom is 0.433 e. The fraction of sp³-hybridized carbons (Fsp3) is 0.125. The maximum atomic E-state index is 12.2. The summed E-state index contributed by atoms with van der Waals surface area (Å²) in [4.78, 5) is 2.56. The number of nitrogens with zero attached hydrogens (tertiary/aromatic N) is 1. The first-order chi connectivity index (χ1) is 6.77. The van der Waals surface area contributed by atoms with Gasteiger partial charge in [-0.15, -0.1) is 0 Å². The van der Waals surface area contributed by atoms with E-state index in [9.17, 15) is 21.6 Å². The highest BCUT2D eigenvalue weighted by molar-refractivity contribution is 7.94. The van der Waals surface area contributed by atoms with Crippen molar-refractivity contribution < 1.29 is 21.6 Å². The molecule has 0 fully saturated rings. The van der Waals surface area contributed by atoms with E-state index in [1.807, 2.05) is 0 Å². The molecule has 1 aromatic rings. The third-order valence-corrected chi connectivity index (χ3v) is 2.92. The Labute approximate surface area is 84.2 Å². The highest BCUT2D eigenvalue weighted by Gasteiger charge is 2.33. The molecule has 1 heterocycles. The summed E-state index contributed by atoms with van der Waals surface area (Å²) in [5.74, 6) is 0. The molecule has 0 aliphatic heterocycles. The van der Waals surface area contributed by atoms with Crippen molar-refractivity contribution in [2.75, 3.05) is 0 Å². The Morgan fingerprint density at radius 2 is 2.00 bits per heavy atom. The summed E-state index contributed by atoms with van der Waals surface area (Å²) in [6, 6.07) is 1.45. The van der Waals surface area contributed by atoms with Gasteiger partial charge in [0.25, 0.3) is 0 Å². The van der Waals surface area contributed by atoms with E-state index in [0.29, 0.717) is 11.5 Å². The van der Waals surface area contributed by atoms with Gasteiger partial charge in [0, 0.05) is 11.6 Å². The SMILES string of the molecule is C=CS(=O)(=O)c1ccnc(C(F)(F)F)c1. The minimum atomic E-state index is -4.66. The molecule has 0 unspecified atom stereocenters. The zero-order valence-corrected chi connectivity index (χ0v) is 8.14. The molecule has 0 radical (unpaired) electrons. The standard InChI is InChI=1S/C8H6F3NO2S/c1-2-15(13,14)6-3-4-12-7(5-6)8(9,10)11/h2-5H,1H2. The summed E-state index contributed by atoms with van der Waals surface area (Å²) >= 11 is 0. The predicted molar refractivity (Wildman–Crippen MR) is 46.6 cm³/mol. The van der Waals surface area contributed by atoms with Crippen LogP contribution >= 0.6 is 0 Å². The number of hydrogen-bond acceptors (Lipinski definition) is 3. The van der Waals surface area contributed by atoms with Crippen LogP contribution < -0.4 is 0 Å². The smallest absolute Gasteiger partial charge is 0.252 e. The molecule has 0 aromatic carbocycles. The largest absolute Gasteiger partial charge is 0.433 e. The lowest BCUT2D eigenvalue weighted by Crippen LogP contribution is -2.09. The first-order valence-corrected chi connectivity index (χ1v) is 5.23. The van der Waals surface area contributed by atoms with Gasteiger partial charge in [0.1, 0.15) is 5.69 Å². The molecule has 0 aliphatic carbocycles. The highest BCUT2D eigenvalue weighted by atomic mass is 32.2. The molecule has 0 aliphatic rings. The summed E-state index contributed by atoms with van der Waals surface area (Å²) in [6.07, 6.45) is -3.87. The first-order valence-electron chi connectivity index (χ1n) is 3.68. The van der Waals surface area contributed by atoms with Crippen molar-refractivity contribution in [2.45, 2.75) is 11.1 Å². The van der Waals surface area contributed by atoms with E-state index in [2.05, 4.69) is 11.6 Å². The third kappa shape index (κ3) is 2.56. The third-order valence-electron chi connectivity index (χ3n) is 1.57. The Kier molecular flexibility index (Phi) is 2.85. The van der Waals surface area contributed by atoms with Gasteiger partial charge in [-0.2, -0.15) is 13.2 Å². The van der Waals surface area contributed by atoms with Crippen molar-refractivity contribution in [1.29, 1.82) is 0 Å². The van der Waals surface area contributed by atoms with Gasteiger partial charge in [-0.05, 0) is 12.1 Å². The minimum absolute atomic E-state index is 0.469. The molecule has 0 spiro atoms. The zero-order chi connectivity index (χ0) is 11.7. The van der Waals surface area contributed by atoms with Crippen LogP contribution in [0.2, 0.25) is 0 Å². The van der Waals surface area contributed by atoms with E-state index >= 15 is 0 Å². The van der Waals surface area contributed by atoms with Crippen molar-refractivity contribution in [1.82, 2.24) is 4.98 Å². The van der Waals surface area contributed by atoms with E-state index in [-0.39, 0.29) is 0 Å². The molecular weight excluding hydrogens is 231 g/mol. The van der Waals surface area contributed by atoms with E-state index < -0.39 is 26.6 Å². The maximum absolute atomic E-state index is 12.2. The molecule has 0 saturated heterocycles. The van der Waals surface area contributed by atoms with Crippen LogP contribution in [0.15, 0.2) is 35.2 Å². The van der Waals surface area contributed by atoms with Crippen LogP contribution in [0.25, 0.3) is 0 Å². The van der Waals surface area contributed by atoms with Gasteiger partial charge in [-0.25, -0.2) is 8.42 Å². The normalized spacial score (nSPS) is 12.5. The van der Waals surface area contributed by atoms with Crippen molar-refractivity contribution in [3.63, 3.8) is 0 Å². The summed E-state index contributed by atoms with van der Waals surface area (Å²) in [5.41, 5.74) is -1.24. The molecule has 1 aromatic heterocycles. The van der Waals surface area contributed by atoms with Crippen LogP contribution in [-0.4, -0.2) is 13.4 Å². The molecule has 0 bridgehead atoms. The van der Waals surface area contributed by atoms with E-state index in [4.69, 9.17) is 0 Å². The van der Waals surface area contributed by atoms with Crippen LogP contribution in [-0.2, 0) is 16.0 Å². The molecule has 82 valence electrons.